The Kier molecular flexibility index (Phi) is 10.4. The first-order valence-corrected chi connectivity index (χ1v) is 13.7. The number of carbonyl (C=O) groups excluding carboxylic acids is 3. The number of aryl methyl sites for hydroxylation is 1. The van der Waals surface area contributed by atoms with Crippen LogP contribution in [0.25, 0.3) is 0 Å². The normalized spacial score (nSPS) is 12.5. The number of aromatic amines is 1. The summed E-state index contributed by atoms with van der Waals surface area (Å²) in [7, 11) is -4.20. The van der Waals surface area contributed by atoms with E-state index in [0.717, 1.165) is 0 Å². The van der Waals surface area contributed by atoms with Gasteiger partial charge in [-0.1, -0.05) is 48.5 Å². The summed E-state index contributed by atoms with van der Waals surface area (Å²) < 4.78 is 27.3. The zero-order valence-corrected chi connectivity index (χ0v) is 22.4. The standard InChI is InChI=1S/C26H30N6O7S/c1-17-7-5-6-10-22(17)40(38,39)32-26(37)31-20(13-18-8-3-2-4-9-18)24(34)28-12-11-23(33)30-21(25(35)36)14-19-15-27-16-29-19/h2-10,15-16,20-21H,11-14H2,1H3,(H,27,29)(H,28,34)(H,30,33)(H,35,36)(H2,31,32,37)/t20-,21-/m0/s1. The fourth-order valence-electron chi connectivity index (χ4n) is 3.79. The van der Waals surface area contributed by atoms with Gasteiger partial charge in [-0.15, -0.1) is 0 Å². The van der Waals surface area contributed by atoms with E-state index in [1.807, 2.05) is 4.72 Å². The second-order valence-corrected chi connectivity index (χ2v) is 10.5. The van der Waals surface area contributed by atoms with E-state index in [1.54, 1.807) is 49.4 Å². The van der Waals surface area contributed by atoms with Crippen LogP contribution in [0, 0.1) is 6.92 Å². The molecule has 0 saturated heterocycles. The highest BCUT2D eigenvalue weighted by atomic mass is 32.2. The van der Waals surface area contributed by atoms with Gasteiger partial charge in [0.1, 0.15) is 12.1 Å². The number of imidazole rings is 1. The molecule has 0 unspecified atom stereocenters. The Hall–Kier alpha value is -4.72. The highest BCUT2D eigenvalue weighted by Gasteiger charge is 2.26. The van der Waals surface area contributed by atoms with Gasteiger partial charge in [-0.2, -0.15) is 0 Å². The minimum atomic E-state index is -4.20. The van der Waals surface area contributed by atoms with Crippen molar-refractivity contribution in [3.05, 3.63) is 83.9 Å². The number of rotatable bonds is 13. The van der Waals surface area contributed by atoms with E-state index in [4.69, 9.17) is 0 Å². The lowest BCUT2D eigenvalue weighted by Crippen LogP contribution is -2.52. The molecule has 2 atom stereocenters. The number of nitrogens with zero attached hydrogens (tertiary/aromatic N) is 1. The quantitative estimate of drug-likeness (QED) is 0.172. The molecule has 1 aromatic heterocycles. The molecular formula is C26H30N6O7S. The topological polar surface area (TPSA) is 199 Å². The van der Waals surface area contributed by atoms with Crippen molar-refractivity contribution in [1.82, 2.24) is 30.6 Å². The highest BCUT2D eigenvalue weighted by molar-refractivity contribution is 7.90. The Labute approximate surface area is 230 Å². The van der Waals surface area contributed by atoms with Gasteiger partial charge < -0.3 is 26.0 Å². The van der Waals surface area contributed by atoms with Crippen molar-refractivity contribution in [1.29, 1.82) is 0 Å². The number of hydrogen-bond acceptors (Lipinski definition) is 7. The van der Waals surface area contributed by atoms with E-state index in [0.29, 0.717) is 16.8 Å². The van der Waals surface area contributed by atoms with Crippen LogP contribution in [0.4, 0.5) is 4.79 Å². The van der Waals surface area contributed by atoms with Gasteiger partial charge in [-0.25, -0.2) is 27.7 Å². The summed E-state index contributed by atoms with van der Waals surface area (Å²) in [6.45, 7) is 1.43. The molecule has 0 bridgehead atoms. The maximum Gasteiger partial charge on any atom is 0.329 e. The molecule has 2 aromatic carbocycles. The summed E-state index contributed by atoms with van der Waals surface area (Å²) in [4.78, 5) is 55.9. The summed E-state index contributed by atoms with van der Waals surface area (Å²) in [5.74, 6) is -2.50. The van der Waals surface area contributed by atoms with E-state index in [2.05, 4.69) is 25.9 Å². The maximum atomic E-state index is 13.0. The Morgan fingerprint density at radius 3 is 2.30 bits per heavy atom. The molecular weight excluding hydrogens is 540 g/mol. The average Bonchev–Trinajstić information content (AvgIpc) is 3.41. The summed E-state index contributed by atoms with van der Waals surface area (Å²) >= 11 is 0. The number of H-pyrrole nitrogens is 1. The van der Waals surface area contributed by atoms with E-state index < -0.39 is 45.9 Å². The molecule has 0 aliphatic carbocycles. The third kappa shape index (κ3) is 8.94. The molecule has 3 aromatic rings. The molecule has 0 spiro atoms. The number of amides is 4. The van der Waals surface area contributed by atoms with Gasteiger partial charge in [0.15, 0.2) is 0 Å². The lowest BCUT2D eigenvalue weighted by molar-refractivity contribution is -0.141. The van der Waals surface area contributed by atoms with E-state index in [1.165, 1.54) is 24.7 Å². The number of benzene rings is 2. The van der Waals surface area contributed by atoms with Crippen LogP contribution in [0.3, 0.4) is 0 Å². The van der Waals surface area contributed by atoms with Gasteiger partial charge in [0, 0.05) is 37.7 Å². The third-order valence-corrected chi connectivity index (χ3v) is 7.27. The third-order valence-electron chi connectivity index (χ3n) is 5.78. The molecule has 0 fully saturated rings. The van der Waals surface area contributed by atoms with E-state index in [9.17, 15) is 32.7 Å². The predicted molar refractivity (Wildman–Crippen MR) is 143 cm³/mol. The highest BCUT2D eigenvalue weighted by Crippen LogP contribution is 2.13. The number of sulfonamides is 1. The first-order valence-electron chi connectivity index (χ1n) is 12.2. The van der Waals surface area contributed by atoms with Gasteiger partial charge in [-0.05, 0) is 24.1 Å². The fraction of sp³-hybridized carbons (Fsp3) is 0.269. The minimum absolute atomic E-state index is 0.00295. The number of aliphatic carboxylic acids is 1. The molecule has 3 rings (SSSR count). The van der Waals surface area contributed by atoms with Gasteiger partial charge in [0.25, 0.3) is 10.0 Å². The minimum Gasteiger partial charge on any atom is -0.480 e. The lowest BCUT2D eigenvalue weighted by Gasteiger charge is -2.19. The molecule has 0 aliphatic rings. The van der Waals surface area contributed by atoms with Crippen molar-refractivity contribution in [2.24, 2.45) is 0 Å². The van der Waals surface area contributed by atoms with Crippen molar-refractivity contribution in [2.45, 2.75) is 43.2 Å². The average molecular weight is 571 g/mol. The molecule has 0 aliphatic heterocycles. The number of carbonyl (C=O) groups is 4. The maximum absolute atomic E-state index is 13.0. The van der Waals surface area contributed by atoms with Gasteiger partial charge in [-0.3, -0.25) is 9.59 Å². The van der Waals surface area contributed by atoms with Crippen LogP contribution in [0.1, 0.15) is 23.2 Å². The van der Waals surface area contributed by atoms with Crippen LogP contribution >= 0.6 is 0 Å². The summed E-state index contributed by atoms with van der Waals surface area (Å²) in [6.07, 6.45) is 2.65. The van der Waals surface area contributed by atoms with Gasteiger partial charge in [0.2, 0.25) is 11.8 Å². The van der Waals surface area contributed by atoms with Gasteiger partial charge >= 0.3 is 12.0 Å². The van der Waals surface area contributed by atoms with Crippen LogP contribution < -0.4 is 20.7 Å². The number of aromatic nitrogens is 2. The van der Waals surface area contributed by atoms with Crippen molar-refractivity contribution >= 4 is 33.8 Å². The Bertz CT molecular complexity index is 1430. The number of carboxylic acids is 1. The van der Waals surface area contributed by atoms with Crippen LogP contribution in [0.2, 0.25) is 0 Å². The second kappa shape index (κ2) is 13.9. The van der Waals surface area contributed by atoms with Crippen LogP contribution in [-0.4, -0.2) is 65.9 Å². The lowest BCUT2D eigenvalue weighted by atomic mass is 10.1. The Morgan fingerprint density at radius 1 is 0.950 bits per heavy atom. The second-order valence-electron chi connectivity index (χ2n) is 8.87. The summed E-state index contributed by atoms with van der Waals surface area (Å²) in [5.41, 5.74) is 1.67. The van der Waals surface area contributed by atoms with Gasteiger partial charge in [0.05, 0.1) is 11.2 Å². The molecule has 14 heteroatoms. The molecule has 0 radical (unpaired) electrons. The van der Waals surface area contributed by atoms with Crippen molar-refractivity contribution in [3.8, 4) is 0 Å². The monoisotopic (exact) mass is 570 g/mol. The number of carboxylic acid groups (broad SMARTS) is 1. The number of nitrogens with one attached hydrogen (secondary N) is 5. The molecule has 0 saturated carbocycles. The molecule has 1 heterocycles. The van der Waals surface area contributed by atoms with Crippen molar-refractivity contribution in [3.63, 3.8) is 0 Å². The Morgan fingerprint density at radius 2 is 1.65 bits per heavy atom. The molecule has 6 N–H and O–H groups in total. The van der Waals surface area contributed by atoms with Crippen molar-refractivity contribution < 1.29 is 32.7 Å². The molecule has 13 nitrogen and oxygen atoms in total. The SMILES string of the molecule is Cc1ccccc1S(=O)(=O)NC(=O)N[C@@H](Cc1ccccc1)C(=O)NCCC(=O)N[C@@H](Cc1cnc[nH]1)C(=O)O. The molecule has 212 valence electrons. The van der Waals surface area contributed by atoms with Crippen molar-refractivity contribution in [2.75, 3.05) is 6.54 Å². The molecule has 4 amide bonds. The molecule has 40 heavy (non-hydrogen) atoms. The number of urea groups is 1. The summed E-state index contributed by atoms with van der Waals surface area (Å²) in [5, 5.41) is 16.7. The largest absolute Gasteiger partial charge is 0.480 e. The van der Waals surface area contributed by atoms with E-state index >= 15 is 0 Å². The summed E-state index contributed by atoms with van der Waals surface area (Å²) in [6, 6.07) is 11.4. The van der Waals surface area contributed by atoms with Crippen LogP contribution in [0.5, 0.6) is 0 Å². The first-order chi connectivity index (χ1) is 19.0. The zero-order valence-electron chi connectivity index (χ0n) is 21.6. The van der Waals surface area contributed by atoms with E-state index in [-0.39, 0.29) is 30.7 Å². The Balaban J connectivity index is 1.60. The zero-order chi connectivity index (χ0) is 29.1. The van der Waals surface area contributed by atoms with Crippen LogP contribution in [-0.2, 0) is 37.2 Å². The first kappa shape index (κ1) is 29.8. The van der Waals surface area contributed by atoms with Crippen LogP contribution in [0.15, 0.2) is 72.0 Å². The predicted octanol–water partition coefficient (Wildman–Crippen LogP) is 0.636. The smallest absolute Gasteiger partial charge is 0.329 e. The fourth-order valence-corrected chi connectivity index (χ4v) is 4.95. The number of hydrogen-bond donors (Lipinski definition) is 6.